The molecule has 4 heteroatoms. The molecule has 16 heavy (non-hydrogen) atoms. The normalized spacial score (nSPS) is 32.0. The highest BCUT2D eigenvalue weighted by atomic mass is 32.2. The van der Waals surface area contributed by atoms with Crippen LogP contribution in [0.2, 0.25) is 0 Å². The van der Waals surface area contributed by atoms with Gasteiger partial charge in [-0.1, -0.05) is 13.8 Å². The lowest BCUT2D eigenvalue weighted by Crippen LogP contribution is -2.46. The third-order valence-electron chi connectivity index (χ3n) is 3.07. The number of rotatable bonds is 5. The maximum atomic E-state index is 5.64. The zero-order valence-corrected chi connectivity index (χ0v) is 11.7. The van der Waals surface area contributed by atoms with Crippen LogP contribution in [0.4, 0.5) is 0 Å². The predicted octanol–water partition coefficient (Wildman–Crippen LogP) is 2.25. The molecule has 1 saturated heterocycles. The number of unbranched alkanes of at least 4 members (excludes halogenated alkanes) is 1. The van der Waals surface area contributed by atoms with Crippen LogP contribution in [0, 0.1) is 12.3 Å². The molecule has 1 rings (SSSR count). The van der Waals surface area contributed by atoms with E-state index >= 15 is 0 Å². The Labute approximate surface area is 108 Å². The number of hydrogen-bond donors (Lipinski definition) is 2. The molecule has 1 heterocycles. The quantitative estimate of drug-likeness (QED) is 0.343. The van der Waals surface area contributed by atoms with Crippen LogP contribution in [-0.4, -0.2) is 27.5 Å². The summed E-state index contributed by atoms with van der Waals surface area (Å²) in [5, 5.41) is 2.09. The van der Waals surface area contributed by atoms with Gasteiger partial charge in [0.15, 0.2) is 0 Å². The fourth-order valence-corrected chi connectivity index (χ4v) is 4.97. The molecule has 3 N–H and O–H groups in total. The number of nitrogens with one attached hydrogen (secondary N) is 1. The van der Waals surface area contributed by atoms with Crippen LogP contribution in [0.25, 0.3) is 0 Å². The minimum atomic E-state index is 0.404. The molecular formula is C12H22N2S2. The Bertz CT molecular complexity index is 240. The van der Waals surface area contributed by atoms with Crippen molar-refractivity contribution in [1.82, 2.24) is 5.43 Å². The standard InChI is InChI=1S/C12H22N2S2/c1-4-5-6-7-11(14-13)12-8-15-9(2)10(3)16-12/h1,9-12,14H,5-8,13H2,2-3H3. The lowest BCUT2D eigenvalue weighted by atomic mass is 10.1. The van der Waals surface area contributed by atoms with Gasteiger partial charge in [-0.2, -0.15) is 23.5 Å². The Balaban J connectivity index is 2.38. The number of terminal acetylenes is 1. The Morgan fingerprint density at radius 3 is 2.81 bits per heavy atom. The Kier molecular flexibility index (Phi) is 6.67. The van der Waals surface area contributed by atoms with Gasteiger partial charge in [-0.15, -0.1) is 12.3 Å². The highest BCUT2D eigenvalue weighted by Crippen LogP contribution is 2.37. The number of thioether (sulfide) groups is 2. The maximum Gasteiger partial charge on any atom is 0.0337 e. The second-order valence-corrected chi connectivity index (χ2v) is 7.32. The summed E-state index contributed by atoms with van der Waals surface area (Å²) >= 11 is 4.13. The smallest absolute Gasteiger partial charge is 0.0337 e. The monoisotopic (exact) mass is 258 g/mol. The molecule has 0 amide bonds. The molecule has 0 aromatic carbocycles. The van der Waals surface area contributed by atoms with Gasteiger partial charge in [0, 0.05) is 34.0 Å². The van der Waals surface area contributed by atoms with Gasteiger partial charge in [0.25, 0.3) is 0 Å². The first-order valence-electron chi connectivity index (χ1n) is 5.85. The molecule has 0 spiro atoms. The molecule has 1 aliphatic rings. The zero-order chi connectivity index (χ0) is 12.0. The van der Waals surface area contributed by atoms with Gasteiger partial charge in [-0.25, -0.2) is 0 Å². The summed E-state index contributed by atoms with van der Waals surface area (Å²) in [5.74, 6) is 9.52. The Morgan fingerprint density at radius 2 is 2.25 bits per heavy atom. The lowest BCUT2D eigenvalue weighted by Gasteiger charge is -2.35. The summed E-state index contributed by atoms with van der Waals surface area (Å²) in [4.78, 5) is 0. The fraction of sp³-hybridized carbons (Fsp3) is 0.833. The number of nitrogens with two attached hydrogens (primary N) is 1. The van der Waals surface area contributed by atoms with Crippen molar-refractivity contribution in [3.63, 3.8) is 0 Å². The van der Waals surface area contributed by atoms with Gasteiger partial charge >= 0.3 is 0 Å². The first kappa shape index (κ1) is 14.2. The van der Waals surface area contributed by atoms with Crippen molar-refractivity contribution < 1.29 is 0 Å². The van der Waals surface area contributed by atoms with E-state index in [1.165, 1.54) is 5.75 Å². The molecule has 0 saturated carbocycles. The number of hydrogen-bond acceptors (Lipinski definition) is 4. The lowest BCUT2D eigenvalue weighted by molar-refractivity contribution is 0.479. The first-order chi connectivity index (χ1) is 7.69. The van der Waals surface area contributed by atoms with E-state index < -0.39 is 0 Å². The summed E-state index contributed by atoms with van der Waals surface area (Å²) in [6, 6.07) is 0.404. The van der Waals surface area contributed by atoms with Gasteiger partial charge in [-0.05, 0) is 12.8 Å². The average Bonchev–Trinajstić information content (AvgIpc) is 2.29. The molecular weight excluding hydrogens is 236 g/mol. The molecule has 0 radical (unpaired) electrons. The largest absolute Gasteiger partial charge is 0.271 e. The van der Waals surface area contributed by atoms with Crippen LogP contribution >= 0.6 is 23.5 Å². The van der Waals surface area contributed by atoms with Crippen LogP contribution in [0.1, 0.15) is 33.1 Å². The van der Waals surface area contributed by atoms with E-state index in [0.717, 1.165) is 24.5 Å². The van der Waals surface area contributed by atoms with Crippen molar-refractivity contribution in [2.24, 2.45) is 5.84 Å². The van der Waals surface area contributed by atoms with E-state index in [2.05, 4.69) is 48.7 Å². The van der Waals surface area contributed by atoms with Gasteiger partial charge in [0.1, 0.15) is 0 Å². The summed E-state index contributed by atoms with van der Waals surface area (Å²) in [5.41, 5.74) is 2.96. The van der Waals surface area contributed by atoms with Crippen LogP contribution in [0.3, 0.4) is 0 Å². The SMILES string of the molecule is C#CCCCC(NN)C1CSC(C)C(C)S1. The molecule has 4 atom stereocenters. The zero-order valence-electron chi connectivity index (χ0n) is 10.1. The van der Waals surface area contributed by atoms with Gasteiger partial charge in [0.05, 0.1) is 0 Å². The van der Waals surface area contributed by atoms with Gasteiger partial charge in [0.2, 0.25) is 0 Å². The van der Waals surface area contributed by atoms with Gasteiger partial charge < -0.3 is 0 Å². The van der Waals surface area contributed by atoms with Crippen LogP contribution in [0.15, 0.2) is 0 Å². The second kappa shape index (κ2) is 7.50. The Morgan fingerprint density at radius 1 is 1.50 bits per heavy atom. The minimum absolute atomic E-state index is 0.404. The number of hydrazine groups is 1. The highest BCUT2D eigenvalue weighted by molar-refractivity contribution is 8.07. The highest BCUT2D eigenvalue weighted by Gasteiger charge is 2.30. The molecule has 4 unspecified atom stereocenters. The molecule has 0 aromatic heterocycles. The molecule has 92 valence electrons. The molecule has 0 aromatic rings. The topological polar surface area (TPSA) is 38.0 Å². The maximum absolute atomic E-state index is 5.64. The van der Waals surface area contributed by atoms with Crippen molar-refractivity contribution in [2.45, 2.75) is 54.9 Å². The summed E-state index contributed by atoms with van der Waals surface area (Å²) in [6.45, 7) is 4.62. The third-order valence-corrected chi connectivity index (χ3v) is 6.62. The van der Waals surface area contributed by atoms with E-state index in [1.807, 2.05) is 0 Å². The second-order valence-electron chi connectivity index (χ2n) is 4.29. The van der Waals surface area contributed by atoms with Crippen LogP contribution in [0.5, 0.6) is 0 Å². The van der Waals surface area contributed by atoms with Crippen molar-refractivity contribution >= 4 is 23.5 Å². The van der Waals surface area contributed by atoms with Gasteiger partial charge in [-0.3, -0.25) is 11.3 Å². The first-order valence-corrected chi connectivity index (χ1v) is 7.84. The fourth-order valence-electron chi connectivity index (χ4n) is 1.82. The van der Waals surface area contributed by atoms with E-state index in [4.69, 9.17) is 12.3 Å². The molecule has 1 fully saturated rings. The predicted molar refractivity (Wildman–Crippen MR) is 76.6 cm³/mol. The van der Waals surface area contributed by atoms with E-state index in [0.29, 0.717) is 16.5 Å². The minimum Gasteiger partial charge on any atom is -0.271 e. The van der Waals surface area contributed by atoms with Crippen molar-refractivity contribution in [1.29, 1.82) is 0 Å². The average molecular weight is 258 g/mol. The molecule has 1 aliphatic heterocycles. The van der Waals surface area contributed by atoms with Crippen molar-refractivity contribution in [3.8, 4) is 12.3 Å². The van der Waals surface area contributed by atoms with E-state index in [1.54, 1.807) is 0 Å². The summed E-state index contributed by atoms with van der Waals surface area (Å²) < 4.78 is 0. The van der Waals surface area contributed by atoms with E-state index in [9.17, 15) is 0 Å². The van der Waals surface area contributed by atoms with Crippen molar-refractivity contribution in [3.05, 3.63) is 0 Å². The van der Waals surface area contributed by atoms with Crippen LogP contribution in [-0.2, 0) is 0 Å². The van der Waals surface area contributed by atoms with E-state index in [-0.39, 0.29) is 0 Å². The molecule has 0 aliphatic carbocycles. The summed E-state index contributed by atoms with van der Waals surface area (Å²) in [7, 11) is 0. The Hall–Kier alpha value is 0.180. The van der Waals surface area contributed by atoms with Crippen LogP contribution < -0.4 is 11.3 Å². The third kappa shape index (κ3) is 4.21. The molecule has 2 nitrogen and oxygen atoms in total. The summed E-state index contributed by atoms with van der Waals surface area (Å²) in [6.07, 6.45) is 8.27. The molecule has 0 bridgehead atoms. The van der Waals surface area contributed by atoms with Crippen molar-refractivity contribution in [2.75, 3.05) is 5.75 Å².